The number of primary amides is 1. The lowest BCUT2D eigenvalue weighted by atomic mass is 9.98. The molecule has 0 bridgehead atoms. The standard InChI is InChI=1S/C24H37N5O8/c1-4-12(2)20(24(36)37)29-22(34)17(11-14-5-7-15(31)8-6-14)28-21(33)16(9-10-18(25)32)27-23(35)19(26)13(3)30/h5-8,12-13,16-17,19-20,30-31H,4,9-11,26H2,1-3H3,(H2,25,32)(H,27,35)(H,28,33)(H,29,34)(H,36,37). The molecule has 0 aliphatic rings. The van der Waals surface area contributed by atoms with E-state index in [9.17, 15) is 39.3 Å². The number of nitrogens with one attached hydrogen (secondary N) is 3. The average molecular weight is 524 g/mol. The first kappa shape index (κ1) is 31.3. The second-order valence-corrected chi connectivity index (χ2v) is 8.97. The predicted molar refractivity (Wildman–Crippen MR) is 133 cm³/mol. The van der Waals surface area contributed by atoms with E-state index in [1.54, 1.807) is 13.8 Å². The number of hydrogen-bond donors (Lipinski definition) is 8. The fraction of sp³-hybridized carbons (Fsp3) is 0.542. The molecular weight excluding hydrogens is 486 g/mol. The first-order valence-electron chi connectivity index (χ1n) is 11.9. The van der Waals surface area contributed by atoms with Crippen LogP contribution in [0.3, 0.4) is 0 Å². The molecular formula is C24H37N5O8. The molecule has 6 unspecified atom stereocenters. The third-order valence-corrected chi connectivity index (χ3v) is 5.92. The Balaban J connectivity index is 3.22. The first-order valence-corrected chi connectivity index (χ1v) is 11.9. The number of benzene rings is 1. The Morgan fingerprint density at radius 1 is 0.919 bits per heavy atom. The van der Waals surface area contributed by atoms with E-state index < -0.39 is 65.8 Å². The number of phenols is 1. The number of amides is 4. The van der Waals surface area contributed by atoms with E-state index in [4.69, 9.17) is 11.5 Å². The number of carbonyl (C=O) groups excluding carboxylic acids is 4. The normalized spacial score (nSPS) is 15.8. The SMILES string of the molecule is CCC(C)C(NC(=O)C(Cc1ccc(O)cc1)NC(=O)C(CCC(N)=O)NC(=O)C(N)C(C)O)C(=O)O. The molecule has 4 amide bonds. The molecule has 0 saturated heterocycles. The molecule has 0 saturated carbocycles. The van der Waals surface area contributed by atoms with E-state index in [2.05, 4.69) is 16.0 Å². The third-order valence-electron chi connectivity index (χ3n) is 5.92. The van der Waals surface area contributed by atoms with Crippen LogP contribution in [0, 0.1) is 5.92 Å². The monoisotopic (exact) mass is 523 g/mol. The molecule has 206 valence electrons. The van der Waals surface area contributed by atoms with Crippen LogP contribution in [0.4, 0.5) is 0 Å². The van der Waals surface area contributed by atoms with Crippen molar-refractivity contribution in [2.75, 3.05) is 0 Å². The first-order chi connectivity index (χ1) is 17.3. The summed E-state index contributed by atoms with van der Waals surface area (Å²) in [6.45, 7) is 4.72. The lowest BCUT2D eigenvalue weighted by Gasteiger charge is -2.27. The van der Waals surface area contributed by atoms with Crippen LogP contribution in [0.1, 0.15) is 45.6 Å². The highest BCUT2D eigenvalue weighted by atomic mass is 16.4. The largest absolute Gasteiger partial charge is 0.508 e. The van der Waals surface area contributed by atoms with Crippen LogP contribution < -0.4 is 27.4 Å². The number of aromatic hydroxyl groups is 1. The number of aliphatic hydroxyl groups is 1. The number of phenolic OH excluding ortho intramolecular Hbond substituents is 1. The van der Waals surface area contributed by atoms with Gasteiger partial charge in [-0.25, -0.2) is 4.79 Å². The predicted octanol–water partition coefficient (Wildman–Crippen LogP) is -1.51. The highest BCUT2D eigenvalue weighted by molar-refractivity contribution is 5.94. The lowest BCUT2D eigenvalue weighted by Crippen LogP contribution is -2.59. The van der Waals surface area contributed by atoms with E-state index >= 15 is 0 Å². The van der Waals surface area contributed by atoms with E-state index in [1.165, 1.54) is 31.2 Å². The van der Waals surface area contributed by atoms with Crippen LogP contribution in [-0.2, 0) is 30.4 Å². The van der Waals surface area contributed by atoms with Gasteiger partial charge in [0.25, 0.3) is 0 Å². The zero-order chi connectivity index (χ0) is 28.3. The lowest BCUT2D eigenvalue weighted by molar-refractivity contribution is -0.143. The molecule has 0 spiro atoms. The van der Waals surface area contributed by atoms with E-state index in [-0.39, 0.29) is 25.0 Å². The van der Waals surface area contributed by atoms with Crippen molar-refractivity contribution in [3.05, 3.63) is 29.8 Å². The number of carboxylic acid groups (broad SMARTS) is 1. The summed E-state index contributed by atoms with van der Waals surface area (Å²) in [5.74, 6) is -4.88. The number of rotatable bonds is 15. The van der Waals surface area contributed by atoms with Crippen LogP contribution >= 0.6 is 0 Å². The van der Waals surface area contributed by atoms with Gasteiger partial charge < -0.3 is 42.7 Å². The maximum absolute atomic E-state index is 13.1. The zero-order valence-corrected chi connectivity index (χ0v) is 21.1. The number of hydrogen-bond acceptors (Lipinski definition) is 8. The van der Waals surface area contributed by atoms with Gasteiger partial charge in [0, 0.05) is 12.8 Å². The number of carbonyl (C=O) groups is 5. The molecule has 10 N–H and O–H groups in total. The molecule has 13 heteroatoms. The summed E-state index contributed by atoms with van der Waals surface area (Å²) in [5.41, 5.74) is 11.4. The minimum absolute atomic E-state index is 0.0137. The smallest absolute Gasteiger partial charge is 0.326 e. The number of carboxylic acids is 1. The van der Waals surface area contributed by atoms with E-state index in [1.807, 2.05) is 0 Å². The van der Waals surface area contributed by atoms with Crippen molar-refractivity contribution in [2.24, 2.45) is 17.4 Å². The van der Waals surface area contributed by atoms with Gasteiger partial charge in [-0.1, -0.05) is 32.4 Å². The number of nitrogens with two attached hydrogens (primary N) is 2. The van der Waals surface area contributed by atoms with Gasteiger partial charge in [0.15, 0.2) is 0 Å². The van der Waals surface area contributed by atoms with Gasteiger partial charge in [0.2, 0.25) is 23.6 Å². The van der Waals surface area contributed by atoms with Crippen LogP contribution in [0.25, 0.3) is 0 Å². The Bertz CT molecular complexity index is 953. The van der Waals surface area contributed by atoms with E-state index in [0.717, 1.165) is 0 Å². The Morgan fingerprint density at radius 2 is 1.46 bits per heavy atom. The summed E-state index contributed by atoms with van der Waals surface area (Å²) < 4.78 is 0. The van der Waals surface area contributed by atoms with Gasteiger partial charge in [-0.05, 0) is 37.0 Å². The second kappa shape index (κ2) is 14.8. The Kier molecular flexibility index (Phi) is 12.5. The molecule has 0 aromatic heterocycles. The summed E-state index contributed by atoms with van der Waals surface area (Å²) in [7, 11) is 0. The number of aliphatic carboxylic acids is 1. The fourth-order valence-electron chi connectivity index (χ4n) is 3.33. The minimum atomic E-state index is -1.35. The van der Waals surface area contributed by atoms with Crippen molar-refractivity contribution in [1.29, 1.82) is 0 Å². The van der Waals surface area contributed by atoms with E-state index in [0.29, 0.717) is 12.0 Å². The molecule has 0 heterocycles. The van der Waals surface area contributed by atoms with Crippen molar-refractivity contribution in [2.45, 2.75) is 76.7 Å². The molecule has 1 aromatic rings. The summed E-state index contributed by atoms with van der Waals surface area (Å²) in [6, 6.07) is 0.652. The van der Waals surface area contributed by atoms with Gasteiger partial charge in [0.1, 0.15) is 29.9 Å². The minimum Gasteiger partial charge on any atom is -0.508 e. The topological polar surface area (TPSA) is 234 Å². The van der Waals surface area contributed by atoms with Crippen molar-refractivity contribution >= 4 is 29.6 Å². The average Bonchev–Trinajstić information content (AvgIpc) is 2.83. The molecule has 0 aliphatic heterocycles. The quantitative estimate of drug-likeness (QED) is 0.133. The highest BCUT2D eigenvalue weighted by Crippen LogP contribution is 2.13. The number of aliphatic hydroxyl groups excluding tert-OH is 1. The molecule has 37 heavy (non-hydrogen) atoms. The van der Waals surface area contributed by atoms with Crippen LogP contribution in [-0.4, -0.2) is 75.2 Å². The highest BCUT2D eigenvalue weighted by Gasteiger charge is 2.32. The summed E-state index contributed by atoms with van der Waals surface area (Å²) in [5, 5.41) is 36.0. The van der Waals surface area contributed by atoms with Gasteiger partial charge in [-0.2, -0.15) is 0 Å². The van der Waals surface area contributed by atoms with Crippen molar-refractivity contribution in [1.82, 2.24) is 16.0 Å². The molecule has 0 aliphatic carbocycles. The van der Waals surface area contributed by atoms with Crippen molar-refractivity contribution < 1.29 is 39.3 Å². The Hall–Kier alpha value is -3.71. The molecule has 6 atom stereocenters. The summed E-state index contributed by atoms with van der Waals surface area (Å²) >= 11 is 0. The fourth-order valence-corrected chi connectivity index (χ4v) is 3.33. The second-order valence-electron chi connectivity index (χ2n) is 8.97. The van der Waals surface area contributed by atoms with Crippen LogP contribution in [0.5, 0.6) is 5.75 Å². The summed E-state index contributed by atoms with van der Waals surface area (Å²) in [6.07, 6.45) is -1.31. The molecule has 13 nitrogen and oxygen atoms in total. The molecule has 0 fully saturated rings. The van der Waals surface area contributed by atoms with Gasteiger partial charge >= 0.3 is 5.97 Å². The van der Waals surface area contributed by atoms with Crippen molar-refractivity contribution in [3.8, 4) is 5.75 Å². The van der Waals surface area contributed by atoms with Gasteiger partial charge in [-0.15, -0.1) is 0 Å². The van der Waals surface area contributed by atoms with Crippen molar-refractivity contribution in [3.63, 3.8) is 0 Å². The maximum Gasteiger partial charge on any atom is 0.326 e. The molecule has 1 rings (SSSR count). The Morgan fingerprint density at radius 3 is 1.95 bits per heavy atom. The summed E-state index contributed by atoms with van der Waals surface area (Å²) in [4.78, 5) is 61.7. The van der Waals surface area contributed by atoms with Gasteiger partial charge in [-0.3, -0.25) is 19.2 Å². The van der Waals surface area contributed by atoms with Crippen LogP contribution in [0.15, 0.2) is 24.3 Å². The zero-order valence-electron chi connectivity index (χ0n) is 21.1. The van der Waals surface area contributed by atoms with Gasteiger partial charge in [0.05, 0.1) is 6.10 Å². The molecule has 1 aromatic carbocycles. The van der Waals surface area contributed by atoms with Crippen LogP contribution in [0.2, 0.25) is 0 Å². The third kappa shape index (κ3) is 10.4. The Labute approximate surface area is 215 Å². The maximum atomic E-state index is 13.1. The molecule has 0 radical (unpaired) electrons.